The van der Waals surface area contributed by atoms with Crippen molar-refractivity contribution in [2.45, 2.75) is 32.4 Å². The van der Waals surface area contributed by atoms with Gasteiger partial charge < -0.3 is 25.4 Å². The summed E-state index contributed by atoms with van der Waals surface area (Å²) in [5.74, 6) is -0.609. The number of hydrogen-bond donors (Lipinski definition) is 3. The molecule has 2 aromatic heterocycles. The molecule has 3 amide bonds. The molecule has 4 aromatic rings. The van der Waals surface area contributed by atoms with Crippen LogP contribution in [0.3, 0.4) is 0 Å². The lowest BCUT2D eigenvalue weighted by atomic mass is 10.0. The molecule has 0 aliphatic heterocycles. The van der Waals surface area contributed by atoms with Crippen molar-refractivity contribution in [2.24, 2.45) is 0 Å². The smallest absolute Gasteiger partial charge is 0.315 e. The van der Waals surface area contributed by atoms with Crippen LogP contribution in [0.4, 0.5) is 4.79 Å². The zero-order valence-electron chi connectivity index (χ0n) is 23.4. The fourth-order valence-corrected chi connectivity index (χ4v) is 4.30. The molecule has 0 aliphatic carbocycles. The Morgan fingerprint density at radius 1 is 0.881 bits per heavy atom. The van der Waals surface area contributed by atoms with E-state index in [0.29, 0.717) is 37.4 Å². The number of carbonyl (C=O) groups excluding carboxylic acids is 3. The predicted molar refractivity (Wildman–Crippen MR) is 158 cm³/mol. The number of rotatable bonds is 13. The number of nitrogens with one attached hydrogen (secondary N) is 3. The highest BCUT2D eigenvalue weighted by molar-refractivity contribution is 5.94. The Bertz CT molecular complexity index is 1560. The molecule has 0 aliphatic rings. The molecule has 0 spiro atoms. The molecule has 3 N–H and O–H groups in total. The molecule has 2 aromatic carbocycles. The Balaban J connectivity index is 1.34. The maximum absolute atomic E-state index is 13.3. The number of nitrogens with zero attached hydrogens (tertiary/aromatic N) is 1. The van der Waals surface area contributed by atoms with Crippen molar-refractivity contribution in [3.05, 3.63) is 118 Å². The molecule has 0 radical (unpaired) electrons. The van der Waals surface area contributed by atoms with Gasteiger partial charge in [-0.25, -0.2) is 4.79 Å². The van der Waals surface area contributed by atoms with E-state index < -0.39 is 23.5 Å². The molecule has 0 saturated heterocycles. The monoisotopic (exact) mass is 570 g/mol. The van der Waals surface area contributed by atoms with Crippen molar-refractivity contribution < 1.29 is 23.9 Å². The van der Waals surface area contributed by atoms with Crippen molar-refractivity contribution in [3.8, 4) is 5.75 Å². The van der Waals surface area contributed by atoms with E-state index in [9.17, 15) is 19.2 Å². The summed E-state index contributed by atoms with van der Waals surface area (Å²) in [5, 5.41) is 8.40. The summed E-state index contributed by atoms with van der Waals surface area (Å²) in [7, 11) is 0. The van der Waals surface area contributed by atoms with Gasteiger partial charge in [-0.05, 0) is 48.7 Å². The van der Waals surface area contributed by atoms with Crippen LogP contribution >= 0.6 is 0 Å². The number of hydrogen-bond acceptors (Lipinski definition) is 6. The van der Waals surface area contributed by atoms with Gasteiger partial charge in [0.1, 0.15) is 11.3 Å². The highest BCUT2D eigenvalue weighted by atomic mass is 16.5. The first-order valence-electron chi connectivity index (χ1n) is 13.8. The van der Waals surface area contributed by atoms with Crippen molar-refractivity contribution in [3.63, 3.8) is 0 Å². The molecule has 1 unspecified atom stereocenters. The van der Waals surface area contributed by atoms with Gasteiger partial charge in [0.15, 0.2) is 0 Å². The Morgan fingerprint density at radius 2 is 1.60 bits per heavy atom. The number of carbonyl (C=O) groups is 3. The summed E-state index contributed by atoms with van der Waals surface area (Å²) in [6.45, 7) is 3.10. The maximum atomic E-state index is 13.3. The number of aromatic nitrogens is 1. The molecule has 0 fully saturated rings. The Kier molecular flexibility index (Phi) is 10.7. The van der Waals surface area contributed by atoms with E-state index in [1.54, 1.807) is 37.3 Å². The number of esters is 1. The molecule has 218 valence electrons. The lowest BCUT2D eigenvalue weighted by Gasteiger charge is -2.18. The Labute approximate surface area is 243 Å². The van der Waals surface area contributed by atoms with E-state index in [-0.39, 0.29) is 24.6 Å². The summed E-state index contributed by atoms with van der Waals surface area (Å²) >= 11 is 0. The fraction of sp³-hybridized carbons (Fsp3) is 0.250. The number of amides is 3. The zero-order valence-corrected chi connectivity index (χ0v) is 23.4. The molecular weight excluding hydrogens is 536 g/mol. The minimum absolute atomic E-state index is 0.0693. The molecule has 0 bridgehead atoms. The largest absolute Gasteiger partial charge is 0.492 e. The summed E-state index contributed by atoms with van der Waals surface area (Å²) < 4.78 is 12.2. The minimum Gasteiger partial charge on any atom is -0.492 e. The van der Waals surface area contributed by atoms with Gasteiger partial charge in [-0.15, -0.1) is 0 Å². The average molecular weight is 571 g/mol. The van der Waals surface area contributed by atoms with Crippen molar-refractivity contribution in [1.82, 2.24) is 20.4 Å². The van der Waals surface area contributed by atoms with Crippen LogP contribution in [-0.2, 0) is 16.1 Å². The molecule has 10 heteroatoms. The summed E-state index contributed by atoms with van der Waals surface area (Å²) in [6.07, 6.45) is 2.01. The fourth-order valence-electron chi connectivity index (χ4n) is 4.30. The molecule has 0 saturated carbocycles. The third-order valence-electron chi connectivity index (χ3n) is 6.42. The van der Waals surface area contributed by atoms with Crippen LogP contribution in [0.2, 0.25) is 0 Å². The standard InChI is InChI=1S/C32H34N4O6/c1-2-41-29(37)20-28(24-12-7-4-8-13-24)35-30(38)27-17-15-25-14-16-26(22-36(25)31(27)39)42-19-9-18-33-32(40)34-21-23-10-5-3-6-11-23/h3-8,10-17,22,28H,2,9,18-21H2,1H3,(H,35,38)(H2,33,34,40). The molecular formula is C32H34N4O6. The van der Waals surface area contributed by atoms with Crippen molar-refractivity contribution >= 4 is 23.4 Å². The maximum Gasteiger partial charge on any atom is 0.315 e. The van der Waals surface area contributed by atoms with E-state index in [2.05, 4.69) is 16.0 Å². The first-order valence-corrected chi connectivity index (χ1v) is 13.8. The quantitative estimate of drug-likeness (QED) is 0.165. The van der Waals surface area contributed by atoms with Gasteiger partial charge >= 0.3 is 12.0 Å². The van der Waals surface area contributed by atoms with E-state index in [1.807, 2.05) is 48.5 Å². The van der Waals surface area contributed by atoms with Crippen LogP contribution in [0.15, 0.2) is 95.9 Å². The third-order valence-corrected chi connectivity index (χ3v) is 6.42. The molecule has 2 heterocycles. The van der Waals surface area contributed by atoms with Gasteiger partial charge in [-0.2, -0.15) is 0 Å². The first-order chi connectivity index (χ1) is 20.4. The number of fused-ring (bicyclic) bond motifs is 1. The number of pyridine rings is 2. The molecule has 10 nitrogen and oxygen atoms in total. The van der Waals surface area contributed by atoms with E-state index in [0.717, 1.165) is 11.1 Å². The second kappa shape index (κ2) is 15.0. The topological polar surface area (TPSA) is 127 Å². The van der Waals surface area contributed by atoms with E-state index in [4.69, 9.17) is 9.47 Å². The predicted octanol–water partition coefficient (Wildman–Crippen LogP) is 3.99. The van der Waals surface area contributed by atoms with Gasteiger partial charge in [-0.3, -0.25) is 18.8 Å². The second-order valence-corrected chi connectivity index (χ2v) is 9.45. The molecule has 42 heavy (non-hydrogen) atoms. The summed E-state index contributed by atoms with van der Waals surface area (Å²) in [6, 6.07) is 24.3. The normalized spacial score (nSPS) is 11.4. The van der Waals surface area contributed by atoms with Gasteiger partial charge in [0, 0.05) is 18.6 Å². The van der Waals surface area contributed by atoms with Gasteiger partial charge in [-0.1, -0.05) is 60.7 Å². The van der Waals surface area contributed by atoms with Crippen LogP contribution in [-0.4, -0.2) is 42.1 Å². The average Bonchev–Trinajstić information content (AvgIpc) is 3.01. The first kappa shape index (κ1) is 29.9. The zero-order chi connectivity index (χ0) is 29.7. The number of ether oxygens (including phenoxy) is 2. The number of urea groups is 1. The van der Waals surface area contributed by atoms with Crippen LogP contribution in [0.25, 0.3) is 5.52 Å². The Hall–Kier alpha value is -5.12. The summed E-state index contributed by atoms with van der Waals surface area (Å²) in [4.78, 5) is 50.7. The van der Waals surface area contributed by atoms with Crippen LogP contribution < -0.4 is 26.2 Å². The summed E-state index contributed by atoms with van der Waals surface area (Å²) in [5.41, 5.74) is 1.73. The van der Waals surface area contributed by atoms with E-state index in [1.165, 1.54) is 16.7 Å². The highest BCUT2D eigenvalue weighted by Gasteiger charge is 2.22. The van der Waals surface area contributed by atoms with E-state index >= 15 is 0 Å². The SMILES string of the molecule is CCOC(=O)CC(NC(=O)c1ccc2ccc(OCCCNC(=O)NCc3ccccc3)cn2c1=O)c1ccccc1. The minimum atomic E-state index is -0.665. The van der Waals surface area contributed by atoms with Gasteiger partial charge in [0.25, 0.3) is 11.5 Å². The van der Waals surface area contributed by atoms with Gasteiger partial charge in [0.2, 0.25) is 0 Å². The van der Waals surface area contributed by atoms with Crippen LogP contribution in [0, 0.1) is 0 Å². The van der Waals surface area contributed by atoms with Crippen LogP contribution in [0.1, 0.15) is 47.3 Å². The van der Waals surface area contributed by atoms with Crippen molar-refractivity contribution in [1.29, 1.82) is 0 Å². The van der Waals surface area contributed by atoms with Crippen LogP contribution in [0.5, 0.6) is 5.75 Å². The number of benzene rings is 2. The molecule has 1 atom stereocenters. The highest BCUT2D eigenvalue weighted by Crippen LogP contribution is 2.18. The Morgan fingerprint density at radius 3 is 2.33 bits per heavy atom. The lowest BCUT2D eigenvalue weighted by molar-refractivity contribution is -0.143. The lowest BCUT2D eigenvalue weighted by Crippen LogP contribution is -2.36. The third kappa shape index (κ3) is 8.44. The van der Waals surface area contributed by atoms with Gasteiger partial charge in [0.05, 0.1) is 31.9 Å². The molecule has 4 rings (SSSR count). The second-order valence-electron chi connectivity index (χ2n) is 9.45. The van der Waals surface area contributed by atoms with Crippen molar-refractivity contribution in [2.75, 3.05) is 19.8 Å².